The van der Waals surface area contributed by atoms with Crippen LogP contribution in [0.25, 0.3) is 0 Å². The molecule has 0 heterocycles. The third-order valence-electron chi connectivity index (χ3n) is 5.87. The number of anilines is 2. The quantitative estimate of drug-likeness (QED) is 0.837. The van der Waals surface area contributed by atoms with E-state index in [1.165, 1.54) is 19.3 Å². The molecule has 0 saturated heterocycles. The van der Waals surface area contributed by atoms with Crippen molar-refractivity contribution in [3.8, 4) is 0 Å². The predicted octanol–water partition coefficient (Wildman–Crippen LogP) is 3.41. The fraction of sp³-hybridized carbons (Fsp3) is 0.556. The fourth-order valence-electron chi connectivity index (χ4n) is 5.41. The first-order valence-corrected chi connectivity index (χ1v) is 8.28. The van der Waals surface area contributed by atoms with E-state index in [1.807, 2.05) is 24.3 Å². The van der Waals surface area contributed by atoms with Gasteiger partial charge in [-0.15, -0.1) is 0 Å². The number of carbonyl (C=O) groups is 2. The first-order valence-electron chi connectivity index (χ1n) is 8.28. The topological polar surface area (TPSA) is 58.2 Å². The number of hydrogen-bond acceptors (Lipinski definition) is 2. The lowest BCUT2D eigenvalue weighted by Crippen LogP contribution is -2.51. The molecule has 2 N–H and O–H groups in total. The van der Waals surface area contributed by atoms with Crippen LogP contribution in [-0.4, -0.2) is 12.3 Å². The van der Waals surface area contributed by atoms with E-state index in [9.17, 15) is 9.59 Å². The van der Waals surface area contributed by atoms with Gasteiger partial charge in [-0.3, -0.25) is 9.59 Å². The molecule has 0 aliphatic heterocycles. The van der Waals surface area contributed by atoms with Crippen LogP contribution in [0.5, 0.6) is 0 Å². The molecule has 4 heteroatoms. The summed E-state index contributed by atoms with van der Waals surface area (Å²) in [5.74, 6) is 2.48. The van der Waals surface area contributed by atoms with Crippen molar-refractivity contribution in [2.45, 2.75) is 38.5 Å². The molecule has 4 fully saturated rings. The molecule has 5 rings (SSSR count). The van der Waals surface area contributed by atoms with Crippen LogP contribution in [0.1, 0.15) is 38.5 Å². The van der Waals surface area contributed by atoms with Crippen LogP contribution in [0, 0.1) is 23.2 Å². The SMILES string of the molecule is O=CNc1cccc(NC(=O)C23CC4CC(CC(C4)C2)C3)c1. The van der Waals surface area contributed by atoms with E-state index in [1.54, 1.807) is 0 Å². The molecule has 0 radical (unpaired) electrons. The Labute approximate surface area is 130 Å². The summed E-state index contributed by atoms with van der Waals surface area (Å²) in [5.41, 5.74) is 1.34. The molecule has 22 heavy (non-hydrogen) atoms. The van der Waals surface area contributed by atoms with Crippen LogP contribution in [0.2, 0.25) is 0 Å². The zero-order valence-corrected chi connectivity index (χ0v) is 12.7. The van der Waals surface area contributed by atoms with Gasteiger partial charge in [0.15, 0.2) is 0 Å². The molecule has 1 aromatic carbocycles. The zero-order valence-electron chi connectivity index (χ0n) is 12.7. The summed E-state index contributed by atoms with van der Waals surface area (Å²) in [7, 11) is 0. The lowest BCUT2D eigenvalue weighted by atomic mass is 9.49. The lowest BCUT2D eigenvalue weighted by Gasteiger charge is -2.55. The van der Waals surface area contributed by atoms with Gasteiger partial charge in [-0.05, 0) is 74.5 Å². The van der Waals surface area contributed by atoms with Gasteiger partial charge < -0.3 is 10.6 Å². The van der Waals surface area contributed by atoms with Crippen LogP contribution in [-0.2, 0) is 9.59 Å². The van der Waals surface area contributed by atoms with Crippen LogP contribution in [0.4, 0.5) is 11.4 Å². The number of carbonyl (C=O) groups excluding carboxylic acids is 2. The molecule has 4 aliphatic carbocycles. The molecule has 0 unspecified atom stereocenters. The minimum Gasteiger partial charge on any atom is -0.329 e. The van der Waals surface area contributed by atoms with Crippen LogP contribution < -0.4 is 10.6 Å². The Bertz CT molecular complexity index is 576. The standard InChI is InChI=1S/C18H22N2O2/c21-11-19-15-2-1-3-16(7-15)20-17(22)18-8-12-4-13(9-18)6-14(5-12)10-18/h1-3,7,11-14H,4-6,8-10H2,(H,19,21)(H,20,22). The summed E-state index contributed by atoms with van der Waals surface area (Å²) < 4.78 is 0. The first kappa shape index (κ1) is 13.8. The Balaban J connectivity index is 1.52. The highest BCUT2D eigenvalue weighted by atomic mass is 16.2. The Kier molecular flexibility index (Phi) is 3.21. The molecule has 0 spiro atoms. The number of rotatable bonds is 4. The van der Waals surface area contributed by atoms with Crippen LogP contribution in [0.3, 0.4) is 0 Å². The highest BCUT2D eigenvalue weighted by Crippen LogP contribution is 2.60. The van der Waals surface area contributed by atoms with Gasteiger partial charge in [0.05, 0.1) is 5.41 Å². The molecule has 2 amide bonds. The van der Waals surface area contributed by atoms with Crippen molar-refractivity contribution < 1.29 is 9.59 Å². The van der Waals surface area contributed by atoms with E-state index < -0.39 is 0 Å². The van der Waals surface area contributed by atoms with Crippen molar-refractivity contribution in [3.05, 3.63) is 24.3 Å². The second kappa shape index (κ2) is 5.11. The summed E-state index contributed by atoms with van der Waals surface area (Å²) in [6.45, 7) is 0. The predicted molar refractivity (Wildman–Crippen MR) is 85.4 cm³/mol. The Morgan fingerprint density at radius 1 is 1.05 bits per heavy atom. The fourth-order valence-corrected chi connectivity index (χ4v) is 5.41. The van der Waals surface area contributed by atoms with Crippen LogP contribution >= 0.6 is 0 Å². The summed E-state index contributed by atoms with van der Waals surface area (Å²) in [6.07, 6.45) is 7.87. The van der Waals surface area contributed by atoms with E-state index in [-0.39, 0.29) is 11.3 Å². The average molecular weight is 298 g/mol. The maximum atomic E-state index is 12.9. The van der Waals surface area contributed by atoms with E-state index in [0.717, 1.165) is 42.7 Å². The third kappa shape index (κ3) is 2.31. The minimum atomic E-state index is -0.136. The van der Waals surface area contributed by atoms with E-state index in [2.05, 4.69) is 10.6 Å². The third-order valence-corrected chi connectivity index (χ3v) is 5.87. The molecule has 4 saturated carbocycles. The number of benzene rings is 1. The second-order valence-electron chi connectivity index (χ2n) is 7.50. The first-order chi connectivity index (χ1) is 10.7. The van der Waals surface area contributed by atoms with Gasteiger partial charge in [0.25, 0.3) is 0 Å². The Hall–Kier alpha value is -1.84. The summed E-state index contributed by atoms with van der Waals surface area (Å²) in [5, 5.41) is 5.73. The molecule has 4 nitrogen and oxygen atoms in total. The summed E-state index contributed by atoms with van der Waals surface area (Å²) >= 11 is 0. The van der Waals surface area contributed by atoms with Gasteiger partial charge in [0.1, 0.15) is 0 Å². The van der Waals surface area contributed by atoms with Crippen molar-refractivity contribution in [1.29, 1.82) is 0 Å². The normalized spacial score (nSPS) is 35.2. The highest BCUT2D eigenvalue weighted by Gasteiger charge is 2.54. The average Bonchev–Trinajstić information content (AvgIpc) is 2.46. The molecule has 4 aliphatic rings. The van der Waals surface area contributed by atoms with E-state index in [0.29, 0.717) is 12.1 Å². The number of hydrogen-bond donors (Lipinski definition) is 2. The van der Waals surface area contributed by atoms with Crippen molar-refractivity contribution in [2.24, 2.45) is 23.2 Å². The van der Waals surface area contributed by atoms with Crippen LogP contribution in [0.15, 0.2) is 24.3 Å². The molecule has 0 atom stereocenters. The zero-order chi connectivity index (χ0) is 15.2. The smallest absolute Gasteiger partial charge is 0.230 e. The van der Waals surface area contributed by atoms with Crippen molar-refractivity contribution >= 4 is 23.7 Å². The maximum Gasteiger partial charge on any atom is 0.230 e. The van der Waals surface area contributed by atoms with Gasteiger partial charge in [-0.2, -0.15) is 0 Å². The van der Waals surface area contributed by atoms with Gasteiger partial charge in [0, 0.05) is 11.4 Å². The molecule has 4 bridgehead atoms. The van der Waals surface area contributed by atoms with Crippen molar-refractivity contribution in [2.75, 3.05) is 10.6 Å². The Morgan fingerprint density at radius 3 is 2.23 bits per heavy atom. The maximum absolute atomic E-state index is 12.9. The van der Waals surface area contributed by atoms with Gasteiger partial charge in [-0.1, -0.05) is 6.07 Å². The van der Waals surface area contributed by atoms with Crippen molar-refractivity contribution in [1.82, 2.24) is 0 Å². The van der Waals surface area contributed by atoms with E-state index in [4.69, 9.17) is 0 Å². The van der Waals surface area contributed by atoms with Gasteiger partial charge in [0.2, 0.25) is 12.3 Å². The molecule has 1 aromatic rings. The molecule has 116 valence electrons. The lowest BCUT2D eigenvalue weighted by molar-refractivity contribution is -0.140. The summed E-state index contributed by atoms with van der Waals surface area (Å²) in [6, 6.07) is 7.36. The van der Waals surface area contributed by atoms with Gasteiger partial charge in [-0.25, -0.2) is 0 Å². The second-order valence-corrected chi connectivity index (χ2v) is 7.50. The number of nitrogens with one attached hydrogen (secondary N) is 2. The molecular weight excluding hydrogens is 276 g/mol. The van der Waals surface area contributed by atoms with Gasteiger partial charge >= 0.3 is 0 Å². The largest absolute Gasteiger partial charge is 0.329 e. The minimum absolute atomic E-state index is 0.136. The Morgan fingerprint density at radius 2 is 1.64 bits per heavy atom. The number of amides is 2. The monoisotopic (exact) mass is 298 g/mol. The van der Waals surface area contributed by atoms with Crippen molar-refractivity contribution in [3.63, 3.8) is 0 Å². The molecule has 0 aromatic heterocycles. The molecular formula is C18H22N2O2. The van der Waals surface area contributed by atoms with E-state index >= 15 is 0 Å². The highest BCUT2D eigenvalue weighted by molar-refractivity contribution is 5.96. The summed E-state index contributed by atoms with van der Waals surface area (Å²) in [4.78, 5) is 23.5.